The van der Waals surface area contributed by atoms with E-state index in [4.69, 9.17) is 0 Å². The highest BCUT2D eigenvalue weighted by Gasteiger charge is 2.19. The highest BCUT2D eigenvalue weighted by molar-refractivity contribution is 14.0. The Morgan fingerprint density at radius 3 is 2.60 bits per heavy atom. The molecule has 0 spiro atoms. The summed E-state index contributed by atoms with van der Waals surface area (Å²) in [6.45, 7) is 5.33. The average molecular weight is 458 g/mol. The van der Waals surface area contributed by atoms with Crippen molar-refractivity contribution in [2.45, 2.75) is 39.2 Å². The topological polar surface area (TPSA) is 56.7 Å². The van der Waals surface area contributed by atoms with Gasteiger partial charge in [0.1, 0.15) is 6.54 Å². The van der Waals surface area contributed by atoms with Gasteiger partial charge in [0.05, 0.1) is 0 Å². The molecule has 6 heteroatoms. The minimum absolute atomic E-state index is 0. The van der Waals surface area contributed by atoms with Crippen LogP contribution in [0.15, 0.2) is 29.3 Å². The molecule has 0 fully saturated rings. The first-order valence-electron chi connectivity index (χ1n) is 8.77. The second kappa shape index (κ2) is 10.6. The molecule has 0 saturated carbocycles. The molecule has 140 valence electrons. The number of benzene rings is 1. The van der Waals surface area contributed by atoms with E-state index < -0.39 is 0 Å². The average Bonchev–Trinajstić information content (AvgIpc) is 2.56. The number of fused-ring (bicyclic) bond motifs is 1. The van der Waals surface area contributed by atoms with Crippen molar-refractivity contribution in [3.8, 4) is 0 Å². The largest absolute Gasteiger partial charge is 0.356 e. The Morgan fingerprint density at radius 2 is 1.96 bits per heavy atom. The number of hydrogen-bond acceptors (Lipinski definition) is 2. The number of carbonyl (C=O) groups excluding carboxylic acids is 1. The number of guanidine groups is 1. The quantitative estimate of drug-likeness (QED) is 0.405. The Morgan fingerprint density at radius 1 is 1.28 bits per heavy atom. The van der Waals surface area contributed by atoms with Crippen molar-refractivity contribution in [1.29, 1.82) is 0 Å². The molecule has 2 N–H and O–H groups in total. The van der Waals surface area contributed by atoms with Crippen molar-refractivity contribution in [1.82, 2.24) is 15.5 Å². The van der Waals surface area contributed by atoms with Crippen molar-refractivity contribution < 1.29 is 4.79 Å². The lowest BCUT2D eigenvalue weighted by Crippen LogP contribution is -2.47. The van der Waals surface area contributed by atoms with E-state index in [-0.39, 0.29) is 36.4 Å². The fourth-order valence-corrected chi connectivity index (χ4v) is 2.76. The predicted octanol–water partition coefficient (Wildman–Crippen LogP) is 2.44. The first-order valence-corrected chi connectivity index (χ1v) is 8.77. The maximum Gasteiger partial charge on any atom is 0.243 e. The van der Waals surface area contributed by atoms with Crippen LogP contribution in [-0.4, -0.2) is 50.0 Å². The number of amides is 1. The lowest BCUT2D eigenvalue weighted by atomic mass is 9.88. The van der Waals surface area contributed by atoms with E-state index >= 15 is 0 Å². The Bertz CT molecular complexity index is 587. The number of hydrogen-bond donors (Lipinski definition) is 2. The molecule has 0 aliphatic heterocycles. The predicted molar refractivity (Wildman–Crippen MR) is 115 cm³/mol. The summed E-state index contributed by atoms with van der Waals surface area (Å²) in [4.78, 5) is 17.8. The minimum atomic E-state index is 0. The van der Waals surface area contributed by atoms with Crippen LogP contribution in [-0.2, 0) is 17.6 Å². The van der Waals surface area contributed by atoms with E-state index in [2.05, 4.69) is 53.7 Å². The number of halogens is 1. The summed E-state index contributed by atoms with van der Waals surface area (Å²) in [6, 6.07) is 8.98. The zero-order chi connectivity index (χ0) is 17.5. The van der Waals surface area contributed by atoms with Crippen LogP contribution in [0, 0.1) is 5.92 Å². The molecule has 2 rings (SSSR count). The molecule has 0 radical (unpaired) electrons. The van der Waals surface area contributed by atoms with E-state index in [1.165, 1.54) is 11.1 Å². The summed E-state index contributed by atoms with van der Waals surface area (Å²) < 4.78 is 0. The van der Waals surface area contributed by atoms with Crippen LogP contribution in [0.2, 0.25) is 0 Å². The molecule has 1 aromatic rings. The van der Waals surface area contributed by atoms with Crippen LogP contribution in [0.3, 0.4) is 0 Å². The van der Waals surface area contributed by atoms with Crippen LogP contribution >= 0.6 is 24.0 Å². The number of carbonyl (C=O) groups is 1. The summed E-state index contributed by atoms with van der Waals surface area (Å²) >= 11 is 0. The van der Waals surface area contributed by atoms with Crippen molar-refractivity contribution >= 4 is 35.8 Å². The summed E-state index contributed by atoms with van der Waals surface area (Å²) in [5, 5.41) is 6.87. The third-order valence-electron chi connectivity index (χ3n) is 4.24. The van der Waals surface area contributed by atoms with Gasteiger partial charge in [0.15, 0.2) is 5.96 Å². The number of aliphatic imine (C=N–C) groups is 1. The fraction of sp³-hybridized carbons (Fsp3) is 0.579. The number of likely N-dealkylation sites (N-methyl/N-ethyl adjacent to an activating group) is 1. The maximum atomic E-state index is 11.8. The minimum Gasteiger partial charge on any atom is -0.356 e. The first kappa shape index (κ1) is 21.7. The van der Waals surface area contributed by atoms with Crippen LogP contribution in [0.25, 0.3) is 0 Å². The lowest BCUT2D eigenvalue weighted by molar-refractivity contribution is -0.127. The van der Waals surface area contributed by atoms with Gasteiger partial charge in [0.2, 0.25) is 5.91 Å². The Labute approximate surface area is 168 Å². The molecule has 1 amide bonds. The fourth-order valence-electron chi connectivity index (χ4n) is 2.76. The summed E-state index contributed by atoms with van der Waals surface area (Å²) in [7, 11) is 3.51. The molecule has 1 aromatic carbocycles. The van der Waals surface area contributed by atoms with Crippen LogP contribution in [0.5, 0.6) is 0 Å². The van der Waals surface area contributed by atoms with Crippen molar-refractivity contribution in [3.63, 3.8) is 0 Å². The van der Waals surface area contributed by atoms with Crippen LogP contribution < -0.4 is 10.6 Å². The molecule has 1 unspecified atom stereocenters. The maximum absolute atomic E-state index is 11.8. The Kier molecular flexibility index (Phi) is 9.24. The third kappa shape index (κ3) is 7.22. The molecule has 0 aromatic heterocycles. The van der Waals surface area contributed by atoms with Crippen molar-refractivity contribution in [2.24, 2.45) is 10.9 Å². The van der Waals surface area contributed by atoms with E-state index in [0.29, 0.717) is 12.0 Å². The van der Waals surface area contributed by atoms with E-state index in [1.54, 1.807) is 19.0 Å². The number of nitrogens with zero attached hydrogens (tertiary/aromatic N) is 2. The zero-order valence-electron chi connectivity index (χ0n) is 15.7. The number of rotatable bonds is 5. The number of nitrogens with one attached hydrogen (secondary N) is 2. The van der Waals surface area contributed by atoms with Gasteiger partial charge in [-0.2, -0.15) is 0 Å². The molecular formula is C19H31IN4O. The van der Waals surface area contributed by atoms with Crippen molar-refractivity contribution in [2.75, 3.05) is 27.2 Å². The highest BCUT2D eigenvalue weighted by atomic mass is 127. The van der Waals surface area contributed by atoms with E-state index in [9.17, 15) is 4.79 Å². The van der Waals surface area contributed by atoms with Crippen LogP contribution in [0.4, 0.5) is 0 Å². The Hall–Kier alpha value is -1.31. The first-order chi connectivity index (χ1) is 11.5. The van der Waals surface area contributed by atoms with Gasteiger partial charge >= 0.3 is 0 Å². The smallest absolute Gasteiger partial charge is 0.243 e. The summed E-state index contributed by atoms with van der Waals surface area (Å²) in [6.07, 6.45) is 3.17. The zero-order valence-corrected chi connectivity index (χ0v) is 18.0. The van der Waals surface area contributed by atoms with Gasteiger partial charge in [-0.25, -0.2) is 4.99 Å². The molecule has 1 aliphatic rings. The SMILES string of the molecule is CC(C)CNC(=NCC(=O)N(C)C)NC1CCc2ccccc2C1.I. The monoisotopic (exact) mass is 458 g/mol. The van der Waals surface area contributed by atoms with E-state index in [1.807, 2.05) is 0 Å². The molecule has 5 nitrogen and oxygen atoms in total. The van der Waals surface area contributed by atoms with Gasteiger partial charge in [-0.05, 0) is 36.3 Å². The second-order valence-electron chi connectivity index (χ2n) is 7.08. The molecular weight excluding hydrogens is 427 g/mol. The molecule has 0 saturated heterocycles. The van der Waals surface area contributed by atoms with Gasteiger partial charge < -0.3 is 15.5 Å². The third-order valence-corrected chi connectivity index (χ3v) is 4.24. The summed E-state index contributed by atoms with van der Waals surface area (Å²) in [5.74, 6) is 1.27. The Balaban J connectivity index is 0.00000312. The van der Waals surface area contributed by atoms with Gasteiger partial charge in [-0.15, -0.1) is 24.0 Å². The van der Waals surface area contributed by atoms with Gasteiger partial charge in [-0.1, -0.05) is 38.1 Å². The second-order valence-corrected chi connectivity index (χ2v) is 7.08. The standard InChI is InChI=1S/C19H30N4O.HI/c1-14(2)12-20-19(21-13-18(24)23(3)4)22-17-10-9-15-7-5-6-8-16(15)11-17;/h5-8,14,17H,9-13H2,1-4H3,(H2,20,21,22);1H. The normalized spacial score (nSPS) is 16.7. The van der Waals surface area contributed by atoms with Gasteiger partial charge in [-0.3, -0.25) is 4.79 Å². The molecule has 1 atom stereocenters. The highest BCUT2D eigenvalue weighted by Crippen LogP contribution is 2.20. The molecule has 25 heavy (non-hydrogen) atoms. The lowest BCUT2D eigenvalue weighted by Gasteiger charge is -2.27. The van der Waals surface area contributed by atoms with Crippen molar-refractivity contribution in [3.05, 3.63) is 35.4 Å². The number of aryl methyl sites for hydroxylation is 1. The molecule has 1 aliphatic carbocycles. The molecule has 0 heterocycles. The molecule has 0 bridgehead atoms. The van der Waals surface area contributed by atoms with Crippen LogP contribution in [0.1, 0.15) is 31.4 Å². The van der Waals surface area contributed by atoms with E-state index in [0.717, 1.165) is 31.8 Å². The summed E-state index contributed by atoms with van der Waals surface area (Å²) in [5.41, 5.74) is 2.86. The van der Waals surface area contributed by atoms with Gasteiger partial charge in [0.25, 0.3) is 0 Å². The van der Waals surface area contributed by atoms with Gasteiger partial charge in [0, 0.05) is 26.7 Å².